The van der Waals surface area contributed by atoms with Crippen molar-refractivity contribution < 1.29 is 9.47 Å². The fourth-order valence-electron chi connectivity index (χ4n) is 2.25. The molecule has 0 unspecified atom stereocenters. The van der Waals surface area contributed by atoms with Crippen LogP contribution in [0.3, 0.4) is 0 Å². The Labute approximate surface area is 150 Å². The third kappa shape index (κ3) is 5.27. The van der Waals surface area contributed by atoms with E-state index in [4.69, 9.17) is 21.1 Å². The number of ether oxygens (including phenoxy) is 2. The van der Waals surface area contributed by atoms with Gasteiger partial charge >= 0.3 is 0 Å². The molecule has 5 heteroatoms. The zero-order valence-electron chi connectivity index (χ0n) is 12.7. The first-order valence-corrected chi connectivity index (χ1v) is 10.1. The van der Waals surface area contributed by atoms with Crippen molar-refractivity contribution in [1.82, 2.24) is 0 Å². The van der Waals surface area contributed by atoms with Gasteiger partial charge in [-0.25, -0.2) is 0 Å². The lowest BCUT2D eigenvalue weighted by Gasteiger charge is -2.21. The van der Waals surface area contributed by atoms with Crippen LogP contribution < -0.4 is 9.47 Å². The molecule has 0 N–H and O–H groups in total. The molecule has 23 heavy (non-hydrogen) atoms. The van der Waals surface area contributed by atoms with E-state index in [2.05, 4.69) is 12.1 Å². The second-order valence-corrected chi connectivity index (χ2v) is 8.31. The summed E-state index contributed by atoms with van der Waals surface area (Å²) in [4.78, 5) is 0. The lowest BCUT2D eigenvalue weighted by atomic mass is 10.2. The van der Waals surface area contributed by atoms with E-state index in [1.54, 1.807) is 0 Å². The third-order valence-corrected chi connectivity index (χ3v) is 6.68. The van der Waals surface area contributed by atoms with Crippen LogP contribution in [0.25, 0.3) is 0 Å². The van der Waals surface area contributed by atoms with Crippen LogP contribution in [0.2, 0.25) is 5.02 Å². The van der Waals surface area contributed by atoms with Gasteiger partial charge in [0, 0.05) is 5.02 Å². The van der Waals surface area contributed by atoms with Crippen molar-refractivity contribution in [2.24, 2.45) is 0 Å². The largest absolute Gasteiger partial charge is 0.490 e. The van der Waals surface area contributed by atoms with Crippen molar-refractivity contribution in [3.05, 3.63) is 59.1 Å². The molecule has 0 aliphatic carbocycles. The summed E-state index contributed by atoms with van der Waals surface area (Å²) in [5.41, 5.74) is 1.38. The first-order chi connectivity index (χ1) is 11.3. The number of hydrogen-bond donors (Lipinski definition) is 0. The molecule has 2 aromatic carbocycles. The maximum atomic E-state index is 5.84. The van der Waals surface area contributed by atoms with Gasteiger partial charge in [-0.3, -0.25) is 0 Å². The van der Waals surface area contributed by atoms with E-state index >= 15 is 0 Å². The average Bonchev–Trinajstić information content (AvgIpc) is 2.62. The quantitative estimate of drug-likeness (QED) is 0.613. The second kappa shape index (κ2) is 8.76. The Morgan fingerprint density at radius 1 is 0.826 bits per heavy atom. The highest BCUT2D eigenvalue weighted by Crippen LogP contribution is 2.43. The normalized spacial score (nSPS) is 15.3. The van der Waals surface area contributed by atoms with E-state index in [0.717, 1.165) is 11.5 Å². The van der Waals surface area contributed by atoms with Crippen LogP contribution in [0.4, 0.5) is 0 Å². The van der Waals surface area contributed by atoms with Gasteiger partial charge < -0.3 is 9.47 Å². The average molecular weight is 367 g/mol. The second-order valence-electron chi connectivity index (χ2n) is 5.15. The van der Waals surface area contributed by atoms with E-state index in [9.17, 15) is 0 Å². The van der Waals surface area contributed by atoms with E-state index in [-0.39, 0.29) is 0 Å². The van der Waals surface area contributed by atoms with Gasteiger partial charge in [-0.15, -0.1) is 23.5 Å². The van der Waals surface area contributed by atoms with Gasteiger partial charge in [0.25, 0.3) is 0 Å². The molecule has 0 aromatic heterocycles. The van der Waals surface area contributed by atoms with Gasteiger partial charge in [0.1, 0.15) is 24.7 Å². The minimum atomic E-state index is 0.512. The van der Waals surface area contributed by atoms with Crippen molar-refractivity contribution >= 4 is 35.1 Å². The maximum Gasteiger partial charge on any atom is 0.122 e. The predicted molar refractivity (Wildman–Crippen MR) is 101 cm³/mol. The molecule has 1 aliphatic rings. The van der Waals surface area contributed by atoms with Crippen LogP contribution in [-0.4, -0.2) is 24.7 Å². The Kier molecular flexibility index (Phi) is 6.43. The molecule has 0 spiro atoms. The highest BCUT2D eigenvalue weighted by Gasteiger charge is 2.16. The first-order valence-electron chi connectivity index (χ1n) is 7.65. The summed E-state index contributed by atoms with van der Waals surface area (Å²) in [5, 5.41) is 0.711. The number of benzene rings is 2. The number of hydrogen-bond acceptors (Lipinski definition) is 4. The third-order valence-electron chi connectivity index (χ3n) is 3.41. The maximum absolute atomic E-state index is 5.84. The Bertz CT molecular complexity index is 595. The summed E-state index contributed by atoms with van der Waals surface area (Å²) in [6.45, 7) is 1.03. The Morgan fingerprint density at radius 3 is 1.91 bits per heavy atom. The monoisotopic (exact) mass is 366 g/mol. The fraction of sp³-hybridized carbons (Fsp3) is 0.333. The summed E-state index contributed by atoms with van der Waals surface area (Å²) in [5.74, 6) is 4.22. The predicted octanol–water partition coefficient (Wildman–Crippen LogP) is 5.67. The molecule has 2 aromatic rings. The summed E-state index contributed by atoms with van der Waals surface area (Å²) in [7, 11) is 0. The summed E-state index contributed by atoms with van der Waals surface area (Å²) in [6, 6.07) is 15.8. The van der Waals surface area contributed by atoms with Crippen molar-refractivity contribution in [2.75, 3.05) is 24.7 Å². The van der Waals surface area contributed by atoms with Crippen LogP contribution >= 0.6 is 35.1 Å². The van der Waals surface area contributed by atoms with E-state index < -0.39 is 0 Å². The van der Waals surface area contributed by atoms with E-state index in [0.29, 0.717) is 22.8 Å². The molecule has 0 radical (unpaired) electrons. The molecule has 1 fully saturated rings. The topological polar surface area (TPSA) is 18.5 Å². The standard InChI is InChI=1S/C18H19ClO2S2/c19-15-4-8-17(9-5-15)21-11-10-20-16-6-2-14(3-7-16)18-22-12-1-13-23-18/h2-9,18H,1,10-13H2. The Hall–Kier alpha value is -0.970. The Balaban J connectivity index is 1.42. The molecule has 1 heterocycles. The molecule has 1 aliphatic heterocycles. The fourth-order valence-corrected chi connectivity index (χ4v) is 5.27. The van der Waals surface area contributed by atoms with Crippen LogP contribution in [0.1, 0.15) is 16.6 Å². The van der Waals surface area contributed by atoms with Crippen LogP contribution in [-0.2, 0) is 0 Å². The zero-order chi connectivity index (χ0) is 15.9. The molecule has 0 amide bonds. The van der Waals surface area contributed by atoms with Crippen molar-refractivity contribution in [1.29, 1.82) is 0 Å². The number of thioether (sulfide) groups is 2. The van der Waals surface area contributed by atoms with E-state index in [1.807, 2.05) is 59.9 Å². The van der Waals surface area contributed by atoms with Gasteiger partial charge in [0.2, 0.25) is 0 Å². The molecule has 0 saturated carbocycles. The summed E-state index contributed by atoms with van der Waals surface area (Å²) < 4.78 is 11.9. The summed E-state index contributed by atoms with van der Waals surface area (Å²) >= 11 is 9.91. The summed E-state index contributed by atoms with van der Waals surface area (Å²) in [6.07, 6.45) is 1.32. The van der Waals surface area contributed by atoms with Gasteiger partial charge in [0.05, 0.1) is 4.58 Å². The SMILES string of the molecule is Clc1ccc(OCCOc2ccc(C3SCCCS3)cc2)cc1. The van der Waals surface area contributed by atoms with Gasteiger partial charge in [-0.2, -0.15) is 0 Å². The van der Waals surface area contributed by atoms with E-state index in [1.165, 1.54) is 23.5 Å². The highest BCUT2D eigenvalue weighted by molar-refractivity contribution is 8.16. The molecular weight excluding hydrogens is 348 g/mol. The van der Waals surface area contributed by atoms with Gasteiger partial charge in [-0.05, 0) is 59.9 Å². The van der Waals surface area contributed by atoms with Crippen molar-refractivity contribution in [2.45, 2.75) is 11.0 Å². The van der Waals surface area contributed by atoms with Gasteiger partial charge in [0.15, 0.2) is 0 Å². The van der Waals surface area contributed by atoms with Crippen LogP contribution in [0.5, 0.6) is 11.5 Å². The smallest absolute Gasteiger partial charge is 0.122 e. The molecular formula is C18H19ClO2S2. The molecule has 0 bridgehead atoms. The molecule has 2 nitrogen and oxygen atoms in total. The molecule has 122 valence electrons. The number of halogens is 1. The lowest BCUT2D eigenvalue weighted by molar-refractivity contribution is 0.217. The van der Waals surface area contributed by atoms with Crippen LogP contribution in [0.15, 0.2) is 48.5 Å². The lowest BCUT2D eigenvalue weighted by Crippen LogP contribution is -2.09. The zero-order valence-corrected chi connectivity index (χ0v) is 15.1. The first kappa shape index (κ1) is 16.9. The van der Waals surface area contributed by atoms with Gasteiger partial charge in [-0.1, -0.05) is 23.7 Å². The Morgan fingerprint density at radius 2 is 1.35 bits per heavy atom. The van der Waals surface area contributed by atoms with Crippen LogP contribution in [0, 0.1) is 0 Å². The van der Waals surface area contributed by atoms with Crippen molar-refractivity contribution in [3.63, 3.8) is 0 Å². The molecule has 0 atom stereocenters. The minimum absolute atomic E-state index is 0.512. The highest BCUT2D eigenvalue weighted by atomic mass is 35.5. The minimum Gasteiger partial charge on any atom is -0.490 e. The van der Waals surface area contributed by atoms with Crippen molar-refractivity contribution in [3.8, 4) is 11.5 Å². The molecule has 1 saturated heterocycles. The molecule has 3 rings (SSSR count). The number of rotatable bonds is 6.